The summed E-state index contributed by atoms with van der Waals surface area (Å²) in [6, 6.07) is 0. The second-order valence-corrected chi connectivity index (χ2v) is 6.13. The molecule has 0 aromatic heterocycles. The van der Waals surface area contributed by atoms with Crippen LogP contribution in [0, 0.1) is 5.92 Å². The highest BCUT2D eigenvalue weighted by atomic mass is 15.4. The fourth-order valence-electron chi connectivity index (χ4n) is 2.88. The normalized spacial score (nSPS) is 29.6. The summed E-state index contributed by atoms with van der Waals surface area (Å²) in [5, 5.41) is 0. The number of nitrogens with two attached hydrogens (primary N) is 1. The number of likely N-dealkylation sites (N-methyl/N-ethyl adjacent to an activating group) is 1. The molecule has 0 amide bonds. The van der Waals surface area contributed by atoms with Crippen molar-refractivity contribution in [1.82, 2.24) is 9.80 Å². The van der Waals surface area contributed by atoms with E-state index in [2.05, 4.69) is 35.8 Å². The predicted molar refractivity (Wildman–Crippen MR) is 72.1 cm³/mol. The Balaban J connectivity index is 1.94. The molecule has 98 valence electrons. The zero-order valence-electron chi connectivity index (χ0n) is 11.4. The first kappa shape index (κ1) is 12.7. The maximum atomic E-state index is 6.03. The van der Waals surface area contributed by atoms with Gasteiger partial charge in [0.1, 0.15) is 0 Å². The number of hydrogen-bond acceptors (Lipinski definition) is 4. The summed E-state index contributed by atoms with van der Waals surface area (Å²) in [6.07, 6.45) is 5.47. The van der Waals surface area contributed by atoms with Crippen LogP contribution in [0.2, 0.25) is 0 Å². The monoisotopic (exact) mass is 238 g/mol. The van der Waals surface area contributed by atoms with Crippen LogP contribution < -0.4 is 5.73 Å². The largest absolute Gasteiger partial charge is 0.370 e. The topological polar surface area (TPSA) is 44.9 Å². The van der Waals surface area contributed by atoms with E-state index in [4.69, 9.17) is 5.73 Å². The molecule has 17 heavy (non-hydrogen) atoms. The highest BCUT2D eigenvalue weighted by Crippen LogP contribution is 2.37. The van der Waals surface area contributed by atoms with Gasteiger partial charge in [0.25, 0.3) is 0 Å². The van der Waals surface area contributed by atoms with E-state index in [0.29, 0.717) is 0 Å². The van der Waals surface area contributed by atoms with Gasteiger partial charge in [0.05, 0.1) is 12.1 Å². The summed E-state index contributed by atoms with van der Waals surface area (Å²) in [5.41, 5.74) is 6.21. The standard InChI is InChI=1S/C13H26N4/c1-13(9-11-5-4-6-11)10-15-12(14)17(13)8-7-16(2)3/h11H,4-10H2,1-3H3,(H2,14,15). The van der Waals surface area contributed by atoms with E-state index in [1.807, 2.05) is 0 Å². The van der Waals surface area contributed by atoms with Crippen molar-refractivity contribution in [3.05, 3.63) is 0 Å². The lowest BCUT2D eigenvalue weighted by Gasteiger charge is -2.41. The summed E-state index contributed by atoms with van der Waals surface area (Å²) < 4.78 is 0. The minimum absolute atomic E-state index is 0.172. The Hall–Kier alpha value is -0.770. The summed E-state index contributed by atoms with van der Waals surface area (Å²) in [6.45, 7) is 5.23. The van der Waals surface area contributed by atoms with Crippen LogP contribution in [0.1, 0.15) is 32.6 Å². The van der Waals surface area contributed by atoms with Crippen LogP contribution in [-0.2, 0) is 0 Å². The average molecular weight is 238 g/mol. The Labute approximate surface area is 105 Å². The Morgan fingerprint density at radius 1 is 1.47 bits per heavy atom. The van der Waals surface area contributed by atoms with E-state index in [9.17, 15) is 0 Å². The van der Waals surface area contributed by atoms with Gasteiger partial charge in [-0.05, 0) is 33.4 Å². The quantitative estimate of drug-likeness (QED) is 0.781. The molecule has 1 aliphatic carbocycles. The van der Waals surface area contributed by atoms with E-state index >= 15 is 0 Å². The lowest BCUT2D eigenvalue weighted by Crippen LogP contribution is -2.52. The van der Waals surface area contributed by atoms with Crippen molar-refractivity contribution < 1.29 is 0 Å². The Morgan fingerprint density at radius 2 is 2.18 bits per heavy atom. The summed E-state index contributed by atoms with van der Waals surface area (Å²) in [4.78, 5) is 8.99. The fraction of sp³-hybridized carbons (Fsp3) is 0.923. The first-order valence-corrected chi connectivity index (χ1v) is 6.73. The maximum Gasteiger partial charge on any atom is 0.191 e. The van der Waals surface area contributed by atoms with Gasteiger partial charge >= 0.3 is 0 Å². The van der Waals surface area contributed by atoms with Crippen LogP contribution in [0.4, 0.5) is 0 Å². The second kappa shape index (κ2) is 4.84. The van der Waals surface area contributed by atoms with Crippen molar-refractivity contribution >= 4 is 5.96 Å². The van der Waals surface area contributed by atoms with Gasteiger partial charge in [-0.2, -0.15) is 0 Å². The molecule has 1 unspecified atom stereocenters. The van der Waals surface area contributed by atoms with Gasteiger partial charge in [0, 0.05) is 13.1 Å². The smallest absolute Gasteiger partial charge is 0.191 e. The highest BCUT2D eigenvalue weighted by Gasteiger charge is 2.40. The molecular weight excluding hydrogens is 212 g/mol. The number of aliphatic imine (C=N–C) groups is 1. The van der Waals surface area contributed by atoms with Gasteiger partial charge in [-0.15, -0.1) is 0 Å². The van der Waals surface area contributed by atoms with Gasteiger partial charge < -0.3 is 15.5 Å². The van der Waals surface area contributed by atoms with E-state index < -0.39 is 0 Å². The van der Waals surface area contributed by atoms with Crippen molar-refractivity contribution in [2.24, 2.45) is 16.6 Å². The maximum absolute atomic E-state index is 6.03. The third-order valence-corrected chi connectivity index (χ3v) is 4.23. The van der Waals surface area contributed by atoms with Gasteiger partial charge in [-0.25, -0.2) is 0 Å². The van der Waals surface area contributed by atoms with Gasteiger partial charge in [0.15, 0.2) is 5.96 Å². The van der Waals surface area contributed by atoms with Crippen molar-refractivity contribution in [3.8, 4) is 0 Å². The molecular formula is C13H26N4. The molecule has 1 aliphatic heterocycles. The first-order valence-electron chi connectivity index (χ1n) is 6.73. The van der Waals surface area contributed by atoms with Crippen LogP contribution in [0.25, 0.3) is 0 Å². The van der Waals surface area contributed by atoms with Gasteiger partial charge in [-0.3, -0.25) is 4.99 Å². The molecule has 1 fully saturated rings. The van der Waals surface area contributed by atoms with Gasteiger partial charge in [-0.1, -0.05) is 19.3 Å². The molecule has 1 saturated carbocycles. The molecule has 0 spiro atoms. The first-order chi connectivity index (χ1) is 8.01. The SMILES string of the molecule is CN(C)CCN1C(N)=NCC1(C)CC1CCC1. The van der Waals surface area contributed by atoms with E-state index in [-0.39, 0.29) is 5.54 Å². The highest BCUT2D eigenvalue weighted by molar-refractivity contribution is 5.80. The Morgan fingerprint density at radius 3 is 2.71 bits per heavy atom. The molecule has 1 atom stereocenters. The lowest BCUT2D eigenvalue weighted by atomic mass is 9.76. The van der Waals surface area contributed by atoms with Crippen molar-refractivity contribution in [3.63, 3.8) is 0 Å². The third kappa shape index (κ3) is 2.73. The zero-order chi connectivity index (χ0) is 12.5. The van der Waals surface area contributed by atoms with Crippen LogP contribution in [0.5, 0.6) is 0 Å². The van der Waals surface area contributed by atoms with Crippen LogP contribution in [0.15, 0.2) is 4.99 Å². The zero-order valence-corrected chi connectivity index (χ0v) is 11.4. The minimum Gasteiger partial charge on any atom is -0.370 e. The molecule has 4 heteroatoms. The average Bonchev–Trinajstić information content (AvgIpc) is 2.47. The van der Waals surface area contributed by atoms with Crippen LogP contribution in [-0.4, -0.2) is 55.0 Å². The lowest BCUT2D eigenvalue weighted by molar-refractivity contribution is 0.136. The van der Waals surface area contributed by atoms with Gasteiger partial charge in [0.2, 0.25) is 0 Å². The van der Waals surface area contributed by atoms with Crippen LogP contribution in [0.3, 0.4) is 0 Å². The van der Waals surface area contributed by atoms with E-state index in [0.717, 1.165) is 31.5 Å². The molecule has 0 aromatic rings. The molecule has 0 aromatic carbocycles. The molecule has 2 N–H and O–H groups in total. The summed E-state index contributed by atoms with van der Waals surface area (Å²) in [7, 11) is 4.21. The molecule has 0 radical (unpaired) electrons. The fourth-order valence-corrected chi connectivity index (χ4v) is 2.88. The molecule has 0 bridgehead atoms. The molecule has 2 rings (SSSR count). The minimum atomic E-state index is 0.172. The van der Waals surface area contributed by atoms with Crippen LogP contribution >= 0.6 is 0 Å². The molecule has 2 aliphatic rings. The Bertz CT molecular complexity index is 296. The van der Waals surface area contributed by atoms with E-state index in [1.165, 1.54) is 25.7 Å². The van der Waals surface area contributed by atoms with Crippen molar-refractivity contribution in [1.29, 1.82) is 0 Å². The number of rotatable bonds is 5. The number of nitrogens with zero attached hydrogens (tertiary/aromatic N) is 3. The second-order valence-electron chi connectivity index (χ2n) is 6.13. The Kier molecular flexibility index (Phi) is 3.61. The van der Waals surface area contributed by atoms with Crippen molar-refractivity contribution in [2.75, 3.05) is 33.7 Å². The predicted octanol–water partition coefficient (Wildman–Crippen LogP) is 1.13. The third-order valence-electron chi connectivity index (χ3n) is 4.23. The van der Waals surface area contributed by atoms with E-state index in [1.54, 1.807) is 0 Å². The molecule has 1 heterocycles. The number of hydrogen-bond donors (Lipinski definition) is 1. The molecule has 4 nitrogen and oxygen atoms in total. The van der Waals surface area contributed by atoms with Crippen molar-refractivity contribution in [2.45, 2.75) is 38.1 Å². The summed E-state index contributed by atoms with van der Waals surface area (Å²) >= 11 is 0. The number of guanidine groups is 1. The summed E-state index contributed by atoms with van der Waals surface area (Å²) in [5.74, 6) is 1.65. The molecule has 0 saturated heterocycles.